The number of hydrogen-bond donors (Lipinski definition) is 2. The van der Waals surface area contributed by atoms with E-state index in [-0.39, 0.29) is 12.2 Å². The number of nitrogens with one attached hydrogen (secondary N) is 1. The van der Waals surface area contributed by atoms with Crippen LogP contribution in [0.15, 0.2) is 18.2 Å². The molecule has 130 valence electrons. The molecule has 0 aromatic heterocycles. The predicted molar refractivity (Wildman–Crippen MR) is 92.2 cm³/mol. The summed E-state index contributed by atoms with van der Waals surface area (Å²) in [7, 11) is 0. The molecule has 1 aliphatic rings. The van der Waals surface area contributed by atoms with Crippen molar-refractivity contribution >= 4 is 0 Å². The molecule has 1 saturated heterocycles. The molecule has 0 amide bonds. The second-order valence-electron chi connectivity index (χ2n) is 6.60. The SMILES string of the molecule is CC(C)Oc1ccc(C(O)CN2CCNCC2)c(OC(C)C)c1. The molecule has 0 bridgehead atoms. The van der Waals surface area contributed by atoms with Gasteiger partial charge in [0.2, 0.25) is 0 Å². The Morgan fingerprint density at radius 2 is 1.74 bits per heavy atom. The highest BCUT2D eigenvalue weighted by molar-refractivity contribution is 5.42. The lowest BCUT2D eigenvalue weighted by Gasteiger charge is -2.30. The van der Waals surface area contributed by atoms with Crippen molar-refractivity contribution < 1.29 is 14.6 Å². The highest BCUT2D eigenvalue weighted by Crippen LogP contribution is 2.31. The van der Waals surface area contributed by atoms with Gasteiger partial charge in [-0.1, -0.05) is 0 Å². The number of hydrogen-bond acceptors (Lipinski definition) is 5. The van der Waals surface area contributed by atoms with Gasteiger partial charge >= 0.3 is 0 Å². The summed E-state index contributed by atoms with van der Waals surface area (Å²) in [6, 6.07) is 5.71. The van der Waals surface area contributed by atoms with Crippen LogP contribution in [-0.2, 0) is 0 Å². The van der Waals surface area contributed by atoms with Gasteiger partial charge in [-0.25, -0.2) is 0 Å². The Morgan fingerprint density at radius 1 is 1.09 bits per heavy atom. The maximum Gasteiger partial charge on any atom is 0.129 e. The van der Waals surface area contributed by atoms with E-state index in [1.54, 1.807) is 0 Å². The Hall–Kier alpha value is -1.30. The number of ether oxygens (including phenoxy) is 2. The average Bonchev–Trinajstić information content (AvgIpc) is 2.47. The van der Waals surface area contributed by atoms with Gasteiger partial charge in [-0.15, -0.1) is 0 Å². The predicted octanol–water partition coefficient (Wildman–Crippen LogP) is 2.20. The lowest BCUT2D eigenvalue weighted by molar-refractivity contribution is 0.101. The van der Waals surface area contributed by atoms with Crippen LogP contribution in [0.2, 0.25) is 0 Å². The van der Waals surface area contributed by atoms with Crippen LogP contribution in [0.1, 0.15) is 39.4 Å². The molecule has 2 rings (SSSR count). The fourth-order valence-corrected chi connectivity index (χ4v) is 2.73. The molecule has 1 aromatic rings. The van der Waals surface area contributed by atoms with E-state index < -0.39 is 6.10 Å². The first-order valence-electron chi connectivity index (χ1n) is 8.54. The second-order valence-corrected chi connectivity index (χ2v) is 6.60. The molecule has 1 fully saturated rings. The van der Waals surface area contributed by atoms with Crippen LogP contribution in [0.5, 0.6) is 11.5 Å². The van der Waals surface area contributed by atoms with Crippen LogP contribution in [-0.4, -0.2) is 54.9 Å². The molecule has 5 heteroatoms. The van der Waals surface area contributed by atoms with E-state index in [9.17, 15) is 5.11 Å². The normalized spacial score (nSPS) is 17.5. The van der Waals surface area contributed by atoms with E-state index >= 15 is 0 Å². The Bertz CT molecular complexity index is 485. The zero-order chi connectivity index (χ0) is 16.8. The molecule has 1 heterocycles. The molecule has 0 radical (unpaired) electrons. The first-order valence-corrected chi connectivity index (χ1v) is 8.54. The first kappa shape index (κ1) is 18.0. The molecule has 1 unspecified atom stereocenters. The fourth-order valence-electron chi connectivity index (χ4n) is 2.73. The maximum atomic E-state index is 10.7. The molecule has 0 aliphatic carbocycles. The van der Waals surface area contributed by atoms with Crippen molar-refractivity contribution in [2.24, 2.45) is 0 Å². The number of aliphatic hydroxyl groups excluding tert-OH is 1. The Labute approximate surface area is 139 Å². The first-order chi connectivity index (χ1) is 11.0. The van der Waals surface area contributed by atoms with Gasteiger partial charge < -0.3 is 19.9 Å². The summed E-state index contributed by atoms with van der Waals surface area (Å²) in [5, 5.41) is 14.0. The molecule has 0 saturated carbocycles. The van der Waals surface area contributed by atoms with E-state index in [4.69, 9.17) is 9.47 Å². The van der Waals surface area contributed by atoms with Crippen molar-refractivity contribution in [3.8, 4) is 11.5 Å². The summed E-state index contributed by atoms with van der Waals surface area (Å²) in [6.45, 7) is 12.5. The number of aliphatic hydroxyl groups is 1. The van der Waals surface area contributed by atoms with E-state index in [1.165, 1.54) is 0 Å². The van der Waals surface area contributed by atoms with Gasteiger partial charge in [-0.05, 0) is 39.8 Å². The minimum absolute atomic E-state index is 0.0504. The van der Waals surface area contributed by atoms with Gasteiger partial charge in [-0.2, -0.15) is 0 Å². The topological polar surface area (TPSA) is 54.0 Å². The van der Waals surface area contributed by atoms with Crippen LogP contribution in [0, 0.1) is 0 Å². The standard InChI is InChI=1S/C18H30N2O3/c1-13(2)22-15-5-6-16(18(11-15)23-14(3)4)17(21)12-20-9-7-19-8-10-20/h5-6,11,13-14,17,19,21H,7-10,12H2,1-4H3. The van der Waals surface area contributed by atoms with Crippen molar-refractivity contribution in [3.63, 3.8) is 0 Å². The summed E-state index contributed by atoms with van der Waals surface area (Å²) in [4.78, 5) is 2.28. The second kappa shape index (κ2) is 8.52. The van der Waals surface area contributed by atoms with Crippen LogP contribution in [0.25, 0.3) is 0 Å². The van der Waals surface area contributed by atoms with E-state index in [0.717, 1.165) is 37.5 Å². The Morgan fingerprint density at radius 3 is 2.35 bits per heavy atom. The molecule has 23 heavy (non-hydrogen) atoms. The fraction of sp³-hybridized carbons (Fsp3) is 0.667. The van der Waals surface area contributed by atoms with E-state index in [2.05, 4.69) is 10.2 Å². The molecule has 1 aromatic carbocycles. The summed E-state index contributed by atoms with van der Waals surface area (Å²) >= 11 is 0. The van der Waals surface area contributed by atoms with Crippen molar-refractivity contribution in [1.82, 2.24) is 10.2 Å². The minimum Gasteiger partial charge on any atom is -0.491 e. The minimum atomic E-state index is -0.560. The van der Waals surface area contributed by atoms with E-state index in [1.807, 2.05) is 45.9 Å². The van der Waals surface area contributed by atoms with Gasteiger partial charge in [0.1, 0.15) is 11.5 Å². The third-order valence-corrected chi connectivity index (χ3v) is 3.72. The largest absolute Gasteiger partial charge is 0.491 e. The number of piperazine rings is 1. The number of rotatable bonds is 7. The van der Waals surface area contributed by atoms with Gasteiger partial charge in [0.25, 0.3) is 0 Å². The van der Waals surface area contributed by atoms with Crippen molar-refractivity contribution in [2.45, 2.75) is 46.0 Å². The smallest absolute Gasteiger partial charge is 0.129 e. The zero-order valence-corrected chi connectivity index (χ0v) is 14.7. The maximum absolute atomic E-state index is 10.7. The van der Waals surface area contributed by atoms with Crippen LogP contribution < -0.4 is 14.8 Å². The summed E-state index contributed by atoms with van der Waals surface area (Å²) in [5.74, 6) is 1.48. The molecule has 0 spiro atoms. The third kappa shape index (κ3) is 5.68. The molecule has 2 N–H and O–H groups in total. The summed E-state index contributed by atoms with van der Waals surface area (Å²) in [6.07, 6.45) is -0.400. The van der Waals surface area contributed by atoms with Crippen LogP contribution >= 0.6 is 0 Å². The monoisotopic (exact) mass is 322 g/mol. The molecular weight excluding hydrogens is 292 g/mol. The van der Waals surface area contributed by atoms with Gasteiger partial charge in [-0.3, -0.25) is 4.90 Å². The lowest BCUT2D eigenvalue weighted by Crippen LogP contribution is -2.45. The summed E-state index contributed by atoms with van der Waals surface area (Å²) < 4.78 is 11.6. The van der Waals surface area contributed by atoms with Gasteiger partial charge in [0.05, 0.1) is 18.3 Å². The molecule has 1 aliphatic heterocycles. The highest BCUT2D eigenvalue weighted by Gasteiger charge is 2.20. The van der Waals surface area contributed by atoms with E-state index in [0.29, 0.717) is 12.3 Å². The average molecular weight is 322 g/mol. The molecular formula is C18H30N2O3. The summed E-state index contributed by atoms with van der Waals surface area (Å²) in [5.41, 5.74) is 0.827. The number of benzene rings is 1. The van der Waals surface area contributed by atoms with Gasteiger partial charge in [0.15, 0.2) is 0 Å². The van der Waals surface area contributed by atoms with Gasteiger partial charge in [0, 0.05) is 44.4 Å². The molecule has 1 atom stereocenters. The van der Waals surface area contributed by atoms with Crippen molar-refractivity contribution in [1.29, 1.82) is 0 Å². The number of nitrogens with zero attached hydrogens (tertiary/aromatic N) is 1. The number of β-amino-alcohol motifs (C(OH)–C–C–N with tert-alkyl or cyclic N) is 1. The highest BCUT2D eigenvalue weighted by atomic mass is 16.5. The third-order valence-electron chi connectivity index (χ3n) is 3.72. The quantitative estimate of drug-likeness (QED) is 0.806. The molecule has 5 nitrogen and oxygen atoms in total. The zero-order valence-electron chi connectivity index (χ0n) is 14.7. The lowest BCUT2D eigenvalue weighted by atomic mass is 10.1. The Balaban J connectivity index is 2.13. The van der Waals surface area contributed by atoms with Crippen LogP contribution in [0.4, 0.5) is 0 Å². The van der Waals surface area contributed by atoms with Crippen molar-refractivity contribution in [2.75, 3.05) is 32.7 Å². The van der Waals surface area contributed by atoms with Crippen LogP contribution in [0.3, 0.4) is 0 Å². The van der Waals surface area contributed by atoms with Crippen molar-refractivity contribution in [3.05, 3.63) is 23.8 Å². The Kier molecular flexibility index (Phi) is 6.69.